The quantitative estimate of drug-likeness (QED) is 0.831. The van der Waals surface area contributed by atoms with Gasteiger partial charge in [-0.3, -0.25) is 19.2 Å². The summed E-state index contributed by atoms with van der Waals surface area (Å²) in [7, 11) is 3.40. The average Bonchev–Trinajstić information content (AvgIpc) is 2.91. The Labute approximate surface area is 124 Å². The summed E-state index contributed by atoms with van der Waals surface area (Å²) >= 11 is 0. The van der Waals surface area contributed by atoms with E-state index in [9.17, 15) is 9.59 Å². The van der Waals surface area contributed by atoms with E-state index in [1.807, 2.05) is 0 Å². The lowest BCUT2D eigenvalue weighted by atomic mass is 10.1. The van der Waals surface area contributed by atoms with Crippen LogP contribution in [0.15, 0.2) is 12.3 Å². The number of hydrogen-bond acceptors (Lipinski definition) is 4. The van der Waals surface area contributed by atoms with E-state index in [-0.39, 0.29) is 23.9 Å². The van der Waals surface area contributed by atoms with E-state index in [2.05, 4.69) is 29.2 Å². The fraction of sp³-hybridized carbons (Fsp3) is 0.643. The number of amides is 2. The molecule has 1 aliphatic rings. The molecule has 0 radical (unpaired) electrons. The van der Waals surface area contributed by atoms with Crippen molar-refractivity contribution in [2.24, 2.45) is 7.05 Å². The van der Waals surface area contributed by atoms with Gasteiger partial charge in [0.25, 0.3) is 5.91 Å². The van der Waals surface area contributed by atoms with Crippen LogP contribution in [0.2, 0.25) is 0 Å². The summed E-state index contributed by atoms with van der Waals surface area (Å²) in [6.45, 7) is 5.82. The van der Waals surface area contributed by atoms with Gasteiger partial charge in [-0.05, 0) is 19.9 Å². The molecule has 0 spiro atoms. The van der Waals surface area contributed by atoms with Gasteiger partial charge in [0, 0.05) is 46.0 Å². The maximum Gasteiger partial charge on any atom is 0.274 e. The standard InChI is InChI=1S/C14H23N5O2/c1-10(2)19-8-7-18(9-12(19)13(20)15-3)14(21)11-5-6-17(4)16-11/h5-6,10,12H,7-9H2,1-4H3,(H,15,20)/t12-/m1/s1. The number of likely N-dealkylation sites (N-methyl/N-ethyl adjacent to an activating group) is 1. The second-order valence-electron chi connectivity index (χ2n) is 5.59. The lowest BCUT2D eigenvalue weighted by Crippen LogP contribution is -2.61. The van der Waals surface area contributed by atoms with E-state index in [0.717, 1.165) is 0 Å². The highest BCUT2D eigenvalue weighted by molar-refractivity contribution is 5.93. The minimum absolute atomic E-state index is 0.0535. The van der Waals surface area contributed by atoms with Gasteiger partial charge in [-0.25, -0.2) is 0 Å². The smallest absolute Gasteiger partial charge is 0.274 e. The van der Waals surface area contributed by atoms with Crippen molar-refractivity contribution in [1.82, 2.24) is 24.9 Å². The molecule has 2 heterocycles. The van der Waals surface area contributed by atoms with Crippen molar-refractivity contribution >= 4 is 11.8 Å². The maximum atomic E-state index is 12.4. The zero-order chi connectivity index (χ0) is 15.6. The van der Waals surface area contributed by atoms with E-state index in [1.165, 1.54) is 0 Å². The molecule has 0 aromatic carbocycles. The van der Waals surface area contributed by atoms with Crippen LogP contribution in [-0.2, 0) is 11.8 Å². The highest BCUT2D eigenvalue weighted by atomic mass is 16.2. The van der Waals surface area contributed by atoms with Gasteiger partial charge >= 0.3 is 0 Å². The molecule has 1 aromatic heterocycles. The van der Waals surface area contributed by atoms with Crippen molar-refractivity contribution in [2.45, 2.75) is 25.9 Å². The topological polar surface area (TPSA) is 70.5 Å². The van der Waals surface area contributed by atoms with Crippen molar-refractivity contribution in [3.8, 4) is 0 Å². The zero-order valence-electron chi connectivity index (χ0n) is 13.0. The van der Waals surface area contributed by atoms with Crippen molar-refractivity contribution < 1.29 is 9.59 Å². The molecule has 7 heteroatoms. The van der Waals surface area contributed by atoms with Gasteiger partial charge in [0.05, 0.1) is 0 Å². The monoisotopic (exact) mass is 293 g/mol. The summed E-state index contributed by atoms with van der Waals surface area (Å²) in [5, 5.41) is 6.83. The van der Waals surface area contributed by atoms with Crippen LogP contribution in [0.5, 0.6) is 0 Å². The van der Waals surface area contributed by atoms with Crippen LogP contribution >= 0.6 is 0 Å². The summed E-state index contributed by atoms with van der Waals surface area (Å²) < 4.78 is 1.60. The molecule has 1 fully saturated rings. The SMILES string of the molecule is CNC(=O)[C@H]1CN(C(=O)c2ccn(C)n2)CCN1C(C)C. The number of hydrogen-bond donors (Lipinski definition) is 1. The van der Waals surface area contributed by atoms with E-state index in [4.69, 9.17) is 0 Å². The Hall–Kier alpha value is -1.89. The third-order valence-electron chi connectivity index (χ3n) is 3.85. The van der Waals surface area contributed by atoms with Gasteiger partial charge < -0.3 is 10.2 Å². The molecule has 1 N–H and O–H groups in total. The van der Waals surface area contributed by atoms with Crippen LogP contribution in [0, 0.1) is 0 Å². The fourth-order valence-electron chi connectivity index (χ4n) is 2.69. The van der Waals surface area contributed by atoms with Crippen LogP contribution in [0.1, 0.15) is 24.3 Å². The predicted octanol–water partition coefficient (Wildman–Crippen LogP) is -0.299. The molecule has 0 aliphatic carbocycles. The fourth-order valence-corrected chi connectivity index (χ4v) is 2.69. The van der Waals surface area contributed by atoms with Gasteiger partial charge in [0.1, 0.15) is 11.7 Å². The molecule has 0 unspecified atom stereocenters. The molecule has 116 valence electrons. The van der Waals surface area contributed by atoms with Gasteiger partial charge in [0.15, 0.2) is 0 Å². The number of carbonyl (C=O) groups is 2. The molecular formula is C14H23N5O2. The van der Waals surface area contributed by atoms with Crippen molar-refractivity contribution in [3.05, 3.63) is 18.0 Å². The highest BCUT2D eigenvalue weighted by Crippen LogP contribution is 2.15. The third-order valence-corrected chi connectivity index (χ3v) is 3.85. The molecule has 1 aromatic rings. The van der Waals surface area contributed by atoms with Crippen molar-refractivity contribution in [1.29, 1.82) is 0 Å². The first-order valence-electron chi connectivity index (χ1n) is 7.20. The van der Waals surface area contributed by atoms with Gasteiger partial charge in [-0.1, -0.05) is 0 Å². The van der Waals surface area contributed by atoms with Crippen LogP contribution in [0.4, 0.5) is 0 Å². The Morgan fingerprint density at radius 3 is 2.62 bits per heavy atom. The molecule has 21 heavy (non-hydrogen) atoms. The van der Waals surface area contributed by atoms with E-state index in [0.29, 0.717) is 25.3 Å². The molecule has 7 nitrogen and oxygen atoms in total. The first-order valence-corrected chi connectivity index (χ1v) is 7.20. The van der Waals surface area contributed by atoms with Crippen LogP contribution in [-0.4, -0.2) is 70.2 Å². The molecule has 0 bridgehead atoms. The van der Waals surface area contributed by atoms with Gasteiger partial charge in [0.2, 0.25) is 5.91 Å². The molecule has 1 aliphatic heterocycles. The number of nitrogens with one attached hydrogen (secondary N) is 1. The molecule has 1 saturated heterocycles. The number of aryl methyl sites for hydroxylation is 1. The lowest BCUT2D eigenvalue weighted by Gasteiger charge is -2.42. The van der Waals surface area contributed by atoms with Crippen LogP contribution in [0.25, 0.3) is 0 Å². The maximum absolute atomic E-state index is 12.4. The summed E-state index contributed by atoms with van der Waals surface area (Å²) in [5.74, 6) is -0.171. The molecular weight excluding hydrogens is 270 g/mol. The summed E-state index contributed by atoms with van der Waals surface area (Å²) in [6.07, 6.45) is 1.74. The Kier molecular flexibility index (Phi) is 4.62. The highest BCUT2D eigenvalue weighted by Gasteiger charge is 2.35. The Morgan fingerprint density at radius 2 is 2.10 bits per heavy atom. The Bertz CT molecular complexity index is 525. The first kappa shape index (κ1) is 15.5. The molecule has 0 saturated carbocycles. The van der Waals surface area contributed by atoms with Crippen molar-refractivity contribution in [3.63, 3.8) is 0 Å². The lowest BCUT2D eigenvalue weighted by molar-refractivity contribution is -0.128. The number of piperazine rings is 1. The molecule has 2 rings (SSSR count). The average molecular weight is 293 g/mol. The molecule has 1 atom stereocenters. The summed E-state index contributed by atoms with van der Waals surface area (Å²) in [5.41, 5.74) is 0.422. The van der Waals surface area contributed by atoms with Gasteiger partial charge in [-0.2, -0.15) is 5.10 Å². The zero-order valence-corrected chi connectivity index (χ0v) is 13.0. The largest absolute Gasteiger partial charge is 0.358 e. The molecule has 2 amide bonds. The number of nitrogens with zero attached hydrogens (tertiary/aromatic N) is 4. The second-order valence-corrected chi connectivity index (χ2v) is 5.59. The number of aromatic nitrogens is 2. The van der Waals surface area contributed by atoms with Crippen LogP contribution in [0.3, 0.4) is 0 Å². The third kappa shape index (κ3) is 3.24. The van der Waals surface area contributed by atoms with Crippen LogP contribution < -0.4 is 5.32 Å². The van der Waals surface area contributed by atoms with Crippen molar-refractivity contribution in [2.75, 3.05) is 26.7 Å². The Morgan fingerprint density at radius 1 is 1.38 bits per heavy atom. The first-order chi connectivity index (χ1) is 9.93. The summed E-state index contributed by atoms with van der Waals surface area (Å²) in [4.78, 5) is 28.4. The summed E-state index contributed by atoms with van der Waals surface area (Å²) in [6, 6.07) is 1.65. The number of rotatable bonds is 3. The van der Waals surface area contributed by atoms with E-state index < -0.39 is 0 Å². The minimum atomic E-state index is -0.309. The minimum Gasteiger partial charge on any atom is -0.358 e. The Balaban J connectivity index is 2.13. The van der Waals surface area contributed by atoms with E-state index >= 15 is 0 Å². The predicted molar refractivity (Wildman–Crippen MR) is 78.8 cm³/mol. The normalized spacial score (nSPS) is 19.9. The van der Waals surface area contributed by atoms with Gasteiger partial charge in [-0.15, -0.1) is 0 Å². The number of carbonyl (C=O) groups excluding carboxylic acids is 2. The second kappa shape index (κ2) is 6.26. The van der Waals surface area contributed by atoms with E-state index in [1.54, 1.807) is 35.9 Å².